The number of rotatable bonds is 3. The molecule has 1 aliphatic rings. The predicted molar refractivity (Wildman–Crippen MR) is 78.4 cm³/mol. The molecule has 17 heavy (non-hydrogen) atoms. The maximum Gasteiger partial charge on any atom is 0.0105 e. The Labute approximate surface area is 116 Å². The zero-order valence-corrected chi connectivity index (χ0v) is 11.7. The van der Waals surface area contributed by atoms with E-state index >= 15 is 0 Å². The lowest BCUT2D eigenvalue weighted by Gasteiger charge is -2.31. The van der Waals surface area contributed by atoms with Gasteiger partial charge in [-0.05, 0) is 37.4 Å². The first-order valence-corrected chi connectivity index (χ1v) is 5.87. The summed E-state index contributed by atoms with van der Waals surface area (Å²) < 4.78 is 0. The number of halogens is 2. The standard InChI is InChI=1S/C13H20N2.2ClH/c14-8-11-15-9-6-13(7-10-15)12-4-2-1-3-5-12;;/h1-5,13H,6-11,14H2;2*1H. The number of hydrogen-bond acceptors (Lipinski definition) is 2. The van der Waals surface area contributed by atoms with E-state index in [9.17, 15) is 0 Å². The first kappa shape index (κ1) is 16.7. The van der Waals surface area contributed by atoms with Crippen molar-refractivity contribution in [2.45, 2.75) is 18.8 Å². The van der Waals surface area contributed by atoms with Gasteiger partial charge in [0, 0.05) is 13.1 Å². The third-order valence-corrected chi connectivity index (χ3v) is 3.30. The van der Waals surface area contributed by atoms with Crippen molar-refractivity contribution in [3.63, 3.8) is 0 Å². The maximum atomic E-state index is 5.56. The van der Waals surface area contributed by atoms with E-state index in [2.05, 4.69) is 35.2 Å². The van der Waals surface area contributed by atoms with E-state index in [1.807, 2.05) is 0 Å². The third kappa shape index (κ3) is 4.84. The number of hydrogen-bond donors (Lipinski definition) is 1. The lowest BCUT2D eigenvalue weighted by molar-refractivity contribution is 0.218. The highest BCUT2D eigenvalue weighted by atomic mass is 35.5. The number of nitrogens with two attached hydrogens (primary N) is 1. The monoisotopic (exact) mass is 276 g/mol. The van der Waals surface area contributed by atoms with Gasteiger partial charge in [-0.2, -0.15) is 0 Å². The molecule has 1 aliphatic heterocycles. The van der Waals surface area contributed by atoms with Crippen LogP contribution in [0.3, 0.4) is 0 Å². The molecule has 2 nitrogen and oxygen atoms in total. The minimum absolute atomic E-state index is 0. The summed E-state index contributed by atoms with van der Waals surface area (Å²) in [7, 11) is 0. The molecule has 2 N–H and O–H groups in total. The van der Waals surface area contributed by atoms with Gasteiger partial charge in [-0.25, -0.2) is 0 Å². The fourth-order valence-corrected chi connectivity index (χ4v) is 2.40. The normalized spacial score (nSPS) is 17.0. The molecule has 1 fully saturated rings. The van der Waals surface area contributed by atoms with Crippen LogP contribution < -0.4 is 5.73 Å². The first-order valence-electron chi connectivity index (χ1n) is 5.87. The van der Waals surface area contributed by atoms with E-state index in [0.29, 0.717) is 0 Å². The van der Waals surface area contributed by atoms with E-state index in [4.69, 9.17) is 5.73 Å². The highest BCUT2D eigenvalue weighted by Gasteiger charge is 2.19. The van der Waals surface area contributed by atoms with Gasteiger partial charge < -0.3 is 10.6 Å². The van der Waals surface area contributed by atoms with Crippen LogP contribution in [-0.2, 0) is 0 Å². The van der Waals surface area contributed by atoms with E-state index in [-0.39, 0.29) is 24.8 Å². The van der Waals surface area contributed by atoms with Crippen LogP contribution in [0.4, 0.5) is 0 Å². The van der Waals surface area contributed by atoms with Crippen molar-refractivity contribution >= 4 is 24.8 Å². The minimum atomic E-state index is 0. The topological polar surface area (TPSA) is 29.3 Å². The Balaban J connectivity index is 0.00000128. The van der Waals surface area contributed by atoms with Crippen molar-refractivity contribution in [3.8, 4) is 0 Å². The Hall–Kier alpha value is -0.280. The van der Waals surface area contributed by atoms with Crippen molar-refractivity contribution in [1.82, 2.24) is 4.90 Å². The van der Waals surface area contributed by atoms with Crippen LogP contribution in [-0.4, -0.2) is 31.1 Å². The molecule has 2 rings (SSSR count). The van der Waals surface area contributed by atoms with Crippen LogP contribution in [0, 0.1) is 0 Å². The van der Waals surface area contributed by atoms with Gasteiger partial charge in [0.2, 0.25) is 0 Å². The second-order valence-electron chi connectivity index (χ2n) is 4.32. The SMILES string of the molecule is Cl.Cl.NCCN1CCC(c2ccccc2)CC1. The zero-order chi connectivity index (χ0) is 10.5. The molecule has 1 heterocycles. The van der Waals surface area contributed by atoms with Crippen LogP contribution in [0.15, 0.2) is 30.3 Å². The maximum absolute atomic E-state index is 5.56. The summed E-state index contributed by atoms with van der Waals surface area (Å²) in [6.45, 7) is 4.25. The van der Waals surface area contributed by atoms with E-state index < -0.39 is 0 Å². The van der Waals surface area contributed by atoms with Crippen LogP contribution >= 0.6 is 24.8 Å². The Morgan fingerprint density at radius 2 is 1.65 bits per heavy atom. The zero-order valence-electron chi connectivity index (χ0n) is 10.0. The van der Waals surface area contributed by atoms with Gasteiger partial charge in [-0.15, -0.1) is 24.8 Å². The van der Waals surface area contributed by atoms with E-state index in [0.717, 1.165) is 19.0 Å². The van der Waals surface area contributed by atoms with Gasteiger partial charge in [0.05, 0.1) is 0 Å². The Morgan fingerprint density at radius 3 is 2.18 bits per heavy atom. The average molecular weight is 277 g/mol. The summed E-state index contributed by atoms with van der Waals surface area (Å²) in [5, 5.41) is 0. The van der Waals surface area contributed by atoms with E-state index in [1.54, 1.807) is 0 Å². The quantitative estimate of drug-likeness (QED) is 0.920. The molecule has 0 atom stereocenters. The van der Waals surface area contributed by atoms with Crippen LogP contribution in [0.25, 0.3) is 0 Å². The number of likely N-dealkylation sites (tertiary alicyclic amines) is 1. The molecule has 0 radical (unpaired) electrons. The van der Waals surface area contributed by atoms with Crippen LogP contribution in [0.2, 0.25) is 0 Å². The van der Waals surface area contributed by atoms with Crippen LogP contribution in [0.5, 0.6) is 0 Å². The summed E-state index contributed by atoms with van der Waals surface area (Å²) in [4.78, 5) is 2.47. The molecule has 1 aromatic rings. The van der Waals surface area contributed by atoms with Gasteiger partial charge in [-0.3, -0.25) is 0 Å². The Bertz CT molecular complexity index is 285. The first-order chi connectivity index (χ1) is 7.40. The summed E-state index contributed by atoms with van der Waals surface area (Å²) in [6, 6.07) is 10.9. The van der Waals surface area contributed by atoms with Gasteiger partial charge in [0.1, 0.15) is 0 Å². The fraction of sp³-hybridized carbons (Fsp3) is 0.538. The minimum Gasteiger partial charge on any atom is -0.329 e. The average Bonchev–Trinajstić information content (AvgIpc) is 2.32. The van der Waals surface area contributed by atoms with Gasteiger partial charge in [0.25, 0.3) is 0 Å². The van der Waals surface area contributed by atoms with Crippen molar-refractivity contribution in [2.75, 3.05) is 26.2 Å². The van der Waals surface area contributed by atoms with Crippen molar-refractivity contribution in [3.05, 3.63) is 35.9 Å². The van der Waals surface area contributed by atoms with Crippen LogP contribution in [0.1, 0.15) is 24.3 Å². The van der Waals surface area contributed by atoms with Gasteiger partial charge in [-0.1, -0.05) is 30.3 Å². The number of benzene rings is 1. The molecule has 0 amide bonds. The largest absolute Gasteiger partial charge is 0.329 e. The molecule has 0 unspecified atom stereocenters. The van der Waals surface area contributed by atoms with Crippen molar-refractivity contribution < 1.29 is 0 Å². The molecule has 98 valence electrons. The molecular weight excluding hydrogens is 255 g/mol. The summed E-state index contributed by atoms with van der Waals surface area (Å²) in [5.41, 5.74) is 7.07. The lowest BCUT2D eigenvalue weighted by Crippen LogP contribution is -2.36. The molecule has 1 aromatic carbocycles. The number of nitrogens with zero attached hydrogens (tertiary/aromatic N) is 1. The van der Waals surface area contributed by atoms with Crippen molar-refractivity contribution in [2.24, 2.45) is 5.73 Å². The summed E-state index contributed by atoms with van der Waals surface area (Å²) >= 11 is 0. The number of piperidine rings is 1. The fourth-order valence-electron chi connectivity index (χ4n) is 2.40. The lowest BCUT2D eigenvalue weighted by atomic mass is 9.89. The second-order valence-corrected chi connectivity index (χ2v) is 4.32. The molecule has 0 bridgehead atoms. The highest BCUT2D eigenvalue weighted by molar-refractivity contribution is 5.85. The molecule has 0 aliphatic carbocycles. The van der Waals surface area contributed by atoms with Gasteiger partial charge >= 0.3 is 0 Å². The van der Waals surface area contributed by atoms with Crippen molar-refractivity contribution in [1.29, 1.82) is 0 Å². The third-order valence-electron chi connectivity index (χ3n) is 3.30. The predicted octanol–water partition coefficient (Wildman–Crippen LogP) is 2.67. The molecule has 0 saturated carbocycles. The molecule has 0 aromatic heterocycles. The Kier molecular flexibility index (Phi) is 8.61. The summed E-state index contributed by atoms with van der Waals surface area (Å²) in [5.74, 6) is 0.764. The van der Waals surface area contributed by atoms with Gasteiger partial charge in [0.15, 0.2) is 0 Å². The second kappa shape index (κ2) is 8.76. The molecule has 0 spiro atoms. The van der Waals surface area contributed by atoms with E-state index in [1.165, 1.54) is 31.5 Å². The summed E-state index contributed by atoms with van der Waals surface area (Å²) in [6.07, 6.45) is 2.56. The smallest absolute Gasteiger partial charge is 0.0105 e. The molecular formula is C13H22Cl2N2. The molecule has 4 heteroatoms. The Morgan fingerprint density at radius 1 is 1.06 bits per heavy atom. The molecule has 1 saturated heterocycles. The highest BCUT2D eigenvalue weighted by Crippen LogP contribution is 2.27.